The van der Waals surface area contributed by atoms with E-state index in [0.29, 0.717) is 17.8 Å². The minimum absolute atomic E-state index is 0.0439. The molecule has 11 heteroatoms. The van der Waals surface area contributed by atoms with E-state index in [1.165, 1.54) is 37.3 Å². The molecule has 0 saturated carbocycles. The van der Waals surface area contributed by atoms with Gasteiger partial charge in [-0.1, -0.05) is 6.07 Å². The van der Waals surface area contributed by atoms with Gasteiger partial charge in [0.2, 0.25) is 0 Å². The third-order valence-corrected chi connectivity index (χ3v) is 5.70. The number of carbonyl (C=O) groups is 2. The molecule has 0 saturated heterocycles. The van der Waals surface area contributed by atoms with Gasteiger partial charge in [0, 0.05) is 11.4 Å². The predicted octanol–water partition coefficient (Wildman–Crippen LogP) is 4.09. The van der Waals surface area contributed by atoms with Gasteiger partial charge in [-0.2, -0.15) is 0 Å². The predicted molar refractivity (Wildman–Crippen MR) is 114 cm³/mol. The van der Waals surface area contributed by atoms with Gasteiger partial charge in [-0.05, 0) is 67.6 Å². The van der Waals surface area contributed by atoms with Crippen LogP contribution in [0, 0.1) is 17.5 Å². The number of rotatable bonds is 7. The normalized spacial score (nSPS) is 12.0. The molecule has 0 aliphatic rings. The molecule has 3 rings (SSSR count). The summed E-state index contributed by atoms with van der Waals surface area (Å²) in [5.41, 5.74) is 0.192. The van der Waals surface area contributed by atoms with Gasteiger partial charge in [0.15, 0.2) is 17.7 Å². The molecule has 0 spiro atoms. The second kappa shape index (κ2) is 9.74. The third kappa shape index (κ3) is 6.10. The summed E-state index contributed by atoms with van der Waals surface area (Å²) in [7, 11) is -4.27. The third-order valence-electron chi connectivity index (χ3n) is 4.32. The maximum atomic E-state index is 13.4. The molecule has 0 aliphatic carbocycles. The van der Waals surface area contributed by atoms with E-state index in [-0.39, 0.29) is 11.3 Å². The lowest BCUT2D eigenvalue weighted by atomic mass is 10.2. The monoisotopic (exact) mass is 478 g/mol. The van der Waals surface area contributed by atoms with Crippen molar-refractivity contribution in [1.82, 2.24) is 0 Å². The van der Waals surface area contributed by atoms with Crippen molar-refractivity contribution < 1.29 is 35.9 Å². The van der Waals surface area contributed by atoms with Crippen LogP contribution in [0.25, 0.3) is 0 Å². The quantitative estimate of drug-likeness (QED) is 0.498. The summed E-state index contributed by atoms with van der Waals surface area (Å²) in [6.07, 6.45) is -1.22. The molecular formula is C22H17F3N2O5S. The standard InChI is InChI=1S/C22H17F3N2O5S/c1-13(21(28)26-16-7-5-15(23)6-8-16)32-22(29)14-3-2-4-17(11-14)27-33(30,31)18-9-10-19(24)20(25)12-18/h2-13,27H,1H3,(H,26,28). The number of carbonyl (C=O) groups excluding carboxylic acids is 2. The Kier molecular flexibility index (Phi) is 7.02. The molecule has 33 heavy (non-hydrogen) atoms. The smallest absolute Gasteiger partial charge is 0.338 e. The Morgan fingerprint density at radius 3 is 2.24 bits per heavy atom. The summed E-state index contributed by atoms with van der Waals surface area (Å²) in [4.78, 5) is 24.1. The number of hydrogen-bond donors (Lipinski definition) is 2. The maximum absolute atomic E-state index is 13.4. The lowest BCUT2D eigenvalue weighted by Gasteiger charge is -2.14. The Balaban J connectivity index is 1.67. The number of benzene rings is 3. The number of amides is 1. The summed E-state index contributed by atoms with van der Waals surface area (Å²) in [6, 6.07) is 12.3. The van der Waals surface area contributed by atoms with Gasteiger partial charge in [0.1, 0.15) is 5.82 Å². The summed E-state index contributed by atoms with van der Waals surface area (Å²) in [6.45, 7) is 1.33. The molecule has 0 aromatic heterocycles. The highest BCUT2D eigenvalue weighted by Gasteiger charge is 2.21. The van der Waals surface area contributed by atoms with Gasteiger partial charge in [0.05, 0.1) is 10.5 Å². The summed E-state index contributed by atoms with van der Waals surface area (Å²) in [5, 5.41) is 2.46. The molecule has 1 unspecified atom stereocenters. The highest BCUT2D eigenvalue weighted by Crippen LogP contribution is 2.20. The molecule has 0 bridgehead atoms. The zero-order chi connectivity index (χ0) is 24.2. The van der Waals surface area contributed by atoms with Crippen LogP contribution in [-0.2, 0) is 19.6 Å². The molecule has 0 aliphatic heterocycles. The zero-order valence-electron chi connectivity index (χ0n) is 17.0. The zero-order valence-corrected chi connectivity index (χ0v) is 17.8. The first-order valence-corrected chi connectivity index (χ1v) is 10.9. The molecule has 0 fully saturated rings. The van der Waals surface area contributed by atoms with Crippen LogP contribution >= 0.6 is 0 Å². The number of nitrogens with one attached hydrogen (secondary N) is 2. The topological polar surface area (TPSA) is 102 Å². The van der Waals surface area contributed by atoms with Crippen molar-refractivity contribution in [2.45, 2.75) is 17.9 Å². The second-order valence-electron chi connectivity index (χ2n) is 6.81. The van der Waals surface area contributed by atoms with Gasteiger partial charge in [-0.3, -0.25) is 9.52 Å². The average molecular weight is 478 g/mol. The van der Waals surface area contributed by atoms with Gasteiger partial charge in [0.25, 0.3) is 15.9 Å². The van der Waals surface area contributed by atoms with E-state index in [4.69, 9.17) is 4.74 Å². The molecule has 0 radical (unpaired) electrons. The SMILES string of the molecule is CC(OC(=O)c1cccc(NS(=O)(=O)c2ccc(F)c(F)c2)c1)C(=O)Nc1ccc(F)cc1. The van der Waals surface area contributed by atoms with E-state index in [1.54, 1.807) is 0 Å². The number of hydrogen-bond acceptors (Lipinski definition) is 5. The molecule has 1 atom stereocenters. The highest BCUT2D eigenvalue weighted by molar-refractivity contribution is 7.92. The van der Waals surface area contributed by atoms with Gasteiger partial charge in [-0.15, -0.1) is 0 Å². The van der Waals surface area contributed by atoms with Crippen LogP contribution < -0.4 is 10.0 Å². The van der Waals surface area contributed by atoms with Gasteiger partial charge in [-0.25, -0.2) is 26.4 Å². The van der Waals surface area contributed by atoms with Crippen LogP contribution in [0.5, 0.6) is 0 Å². The highest BCUT2D eigenvalue weighted by atomic mass is 32.2. The van der Waals surface area contributed by atoms with Gasteiger partial charge < -0.3 is 10.1 Å². The Morgan fingerprint density at radius 2 is 1.58 bits per heavy atom. The summed E-state index contributed by atoms with van der Waals surface area (Å²) in [5.74, 6) is -4.58. The number of esters is 1. The first-order valence-electron chi connectivity index (χ1n) is 9.40. The van der Waals surface area contributed by atoms with Crippen molar-refractivity contribution in [1.29, 1.82) is 0 Å². The first-order chi connectivity index (χ1) is 15.5. The number of ether oxygens (including phenoxy) is 1. The lowest BCUT2D eigenvalue weighted by Crippen LogP contribution is -2.30. The van der Waals surface area contributed by atoms with Crippen LogP contribution in [0.15, 0.2) is 71.6 Å². The molecule has 172 valence electrons. The lowest BCUT2D eigenvalue weighted by molar-refractivity contribution is -0.123. The van der Waals surface area contributed by atoms with Crippen molar-refractivity contribution >= 4 is 33.3 Å². The molecule has 3 aromatic rings. The number of sulfonamides is 1. The number of halogens is 3. The van der Waals surface area contributed by atoms with Crippen LogP contribution in [-0.4, -0.2) is 26.4 Å². The fourth-order valence-electron chi connectivity index (χ4n) is 2.63. The fourth-order valence-corrected chi connectivity index (χ4v) is 3.69. The van der Waals surface area contributed by atoms with E-state index in [0.717, 1.165) is 24.3 Å². The van der Waals surface area contributed by atoms with Crippen LogP contribution in [0.1, 0.15) is 17.3 Å². The van der Waals surface area contributed by atoms with Crippen molar-refractivity contribution in [2.75, 3.05) is 10.0 Å². The minimum Gasteiger partial charge on any atom is -0.449 e. The Bertz CT molecular complexity index is 1300. The molecule has 1 amide bonds. The van der Waals surface area contributed by atoms with Crippen LogP contribution in [0.3, 0.4) is 0 Å². The number of anilines is 2. The van der Waals surface area contributed by atoms with E-state index in [1.807, 2.05) is 0 Å². The van der Waals surface area contributed by atoms with E-state index >= 15 is 0 Å². The molecular weight excluding hydrogens is 461 g/mol. The van der Waals surface area contributed by atoms with Crippen molar-refractivity contribution in [3.63, 3.8) is 0 Å². The van der Waals surface area contributed by atoms with E-state index in [9.17, 15) is 31.2 Å². The molecule has 3 aromatic carbocycles. The average Bonchev–Trinajstić information content (AvgIpc) is 2.77. The maximum Gasteiger partial charge on any atom is 0.338 e. The molecule has 2 N–H and O–H groups in total. The van der Waals surface area contributed by atoms with Crippen molar-refractivity contribution in [3.8, 4) is 0 Å². The minimum atomic E-state index is -4.27. The fraction of sp³-hybridized carbons (Fsp3) is 0.0909. The van der Waals surface area contributed by atoms with Crippen LogP contribution in [0.2, 0.25) is 0 Å². The van der Waals surface area contributed by atoms with Crippen molar-refractivity contribution in [3.05, 3.63) is 89.7 Å². The largest absolute Gasteiger partial charge is 0.449 e. The van der Waals surface area contributed by atoms with Gasteiger partial charge >= 0.3 is 5.97 Å². The van der Waals surface area contributed by atoms with E-state index < -0.39 is 50.4 Å². The molecule has 0 heterocycles. The Labute approximate surface area is 187 Å². The summed E-state index contributed by atoms with van der Waals surface area (Å²) >= 11 is 0. The van der Waals surface area contributed by atoms with Crippen LogP contribution in [0.4, 0.5) is 24.5 Å². The second-order valence-corrected chi connectivity index (χ2v) is 8.49. The Hall–Kier alpha value is -3.86. The Morgan fingerprint density at radius 1 is 0.879 bits per heavy atom. The summed E-state index contributed by atoms with van der Waals surface area (Å²) < 4.78 is 71.5. The first kappa shape index (κ1) is 23.8. The van der Waals surface area contributed by atoms with E-state index in [2.05, 4.69) is 10.0 Å². The molecule has 7 nitrogen and oxygen atoms in total. The van der Waals surface area contributed by atoms with Crippen molar-refractivity contribution in [2.24, 2.45) is 0 Å².